The summed E-state index contributed by atoms with van der Waals surface area (Å²) in [4.78, 5) is 5.32. The van der Waals surface area contributed by atoms with Gasteiger partial charge in [0.05, 0.1) is 13.2 Å². The molecule has 90 valence electrons. The van der Waals surface area contributed by atoms with Crippen molar-refractivity contribution in [2.45, 2.75) is 13.3 Å². The van der Waals surface area contributed by atoms with Gasteiger partial charge >= 0.3 is 0 Å². The highest BCUT2D eigenvalue weighted by atomic mass is 19.3. The van der Waals surface area contributed by atoms with Crippen LogP contribution in [0.2, 0.25) is 0 Å². The number of nitrogens with zero attached hydrogens (tertiary/aromatic N) is 2. The minimum absolute atomic E-state index is 0.111. The van der Waals surface area contributed by atoms with Crippen LogP contribution < -0.4 is 10.6 Å². The number of aliphatic hydroxyl groups excluding tert-OH is 1. The number of anilines is 2. The van der Waals surface area contributed by atoms with Crippen molar-refractivity contribution in [3.05, 3.63) is 17.8 Å². The van der Waals surface area contributed by atoms with Gasteiger partial charge in [-0.15, -0.1) is 0 Å². The molecule has 0 fully saturated rings. The lowest BCUT2D eigenvalue weighted by molar-refractivity contribution is 0.152. The Balaban J connectivity index is 2.87. The van der Waals surface area contributed by atoms with Crippen LogP contribution in [0.25, 0.3) is 0 Å². The molecule has 0 amide bonds. The van der Waals surface area contributed by atoms with E-state index < -0.39 is 13.0 Å². The summed E-state index contributed by atoms with van der Waals surface area (Å²) in [6, 6.07) is 1.54. The highest BCUT2D eigenvalue weighted by molar-refractivity contribution is 5.54. The van der Waals surface area contributed by atoms with Crippen LogP contribution in [0.3, 0.4) is 0 Å². The van der Waals surface area contributed by atoms with E-state index >= 15 is 0 Å². The second-order valence-corrected chi connectivity index (χ2v) is 3.46. The van der Waals surface area contributed by atoms with Crippen LogP contribution in [-0.4, -0.2) is 36.2 Å². The Kier molecular flexibility index (Phi) is 4.42. The van der Waals surface area contributed by atoms with E-state index in [9.17, 15) is 8.78 Å². The first-order valence-corrected chi connectivity index (χ1v) is 4.90. The number of aryl methyl sites for hydroxylation is 1. The molecule has 0 aliphatic heterocycles. The van der Waals surface area contributed by atoms with Gasteiger partial charge in [-0.1, -0.05) is 0 Å². The van der Waals surface area contributed by atoms with Gasteiger partial charge in [-0.25, -0.2) is 13.8 Å². The van der Waals surface area contributed by atoms with Gasteiger partial charge < -0.3 is 15.7 Å². The average Bonchev–Trinajstić information content (AvgIpc) is 2.21. The van der Waals surface area contributed by atoms with Crippen LogP contribution in [0.5, 0.6) is 0 Å². The molecule has 0 bridgehead atoms. The zero-order valence-corrected chi connectivity index (χ0v) is 9.03. The highest BCUT2D eigenvalue weighted by Crippen LogP contribution is 2.18. The molecule has 4 nitrogen and oxygen atoms in total. The van der Waals surface area contributed by atoms with Crippen molar-refractivity contribution in [3.63, 3.8) is 0 Å². The van der Waals surface area contributed by atoms with Gasteiger partial charge in [0.15, 0.2) is 0 Å². The molecular weight excluding hydrogens is 216 g/mol. The van der Waals surface area contributed by atoms with Gasteiger partial charge in [0.2, 0.25) is 0 Å². The summed E-state index contributed by atoms with van der Waals surface area (Å²) in [5, 5.41) is 8.79. The number of aliphatic hydroxyl groups is 1. The van der Waals surface area contributed by atoms with Crippen molar-refractivity contribution >= 4 is 11.5 Å². The SMILES string of the molecule is Cc1cnc(N(CCO)CC(F)F)cc1N. The van der Waals surface area contributed by atoms with E-state index in [1.54, 1.807) is 6.92 Å². The smallest absolute Gasteiger partial charge is 0.255 e. The van der Waals surface area contributed by atoms with Crippen molar-refractivity contribution in [2.24, 2.45) is 0 Å². The third kappa shape index (κ3) is 3.30. The summed E-state index contributed by atoms with van der Waals surface area (Å²) in [6.07, 6.45) is -0.948. The van der Waals surface area contributed by atoms with Gasteiger partial charge in [-0.3, -0.25) is 0 Å². The number of alkyl halides is 2. The van der Waals surface area contributed by atoms with E-state index in [0.29, 0.717) is 11.5 Å². The number of hydrogen-bond donors (Lipinski definition) is 2. The minimum Gasteiger partial charge on any atom is -0.398 e. The van der Waals surface area contributed by atoms with E-state index in [1.165, 1.54) is 17.2 Å². The van der Waals surface area contributed by atoms with Crippen molar-refractivity contribution in [2.75, 3.05) is 30.3 Å². The fraction of sp³-hybridized carbons (Fsp3) is 0.500. The Hall–Kier alpha value is -1.43. The maximum Gasteiger partial charge on any atom is 0.255 e. The molecule has 0 spiro atoms. The quantitative estimate of drug-likeness (QED) is 0.794. The molecule has 0 aliphatic rings. The summed E-state index contributed by atoms with van der Waals surface area (Å²) in [6.45, 7) is 1.23. The third-order valence-electron chi connectivity index (χ3n) is 2.18. The highest BCUT2D eigenvalue weighted by Gasteiger charge is 2.14. The van der Waals surface area contributed by atoms with Crippen LogP contribution in [0.4, 0.5) is 20.3 Å². The average molecular weight is 231 g/mol. The Morgan fingerprint density at radius 2 is 2.25 bits per heavy atom. The predicted octanol–water partition coefficient (Wildman–Crippen LogP) is 1.04. The number of nitrogens with two attached hydrogens (primary N) is 1. The van der Waals surface area contributed by atoms with Gasteiger partial charge in [-0.05, 0) is 12.5 Å². The van der Waals surface area contributed by atoms with Crippen LogP contribution in [-0.2, 0) is 0 Å². The molecule has 1 heterocycles. The molecule has 6 heteroatoms. The molecule has 0 saturated carbocycles. The van der Waals surface area contributed by atoms with Crippen LogP contribution in [0.1, 0.15) is 5.56 Å². The number of nitrogen functional groups attached to an aromatic ring is 1. The Bertz CT molecular complexity index is 347. The van der Waals surface area contributed by atoms with Crippen molar-refractivity contribution in [1.82, 2.24) is 4.98 Å². The van der Waals surface area contributed by atoms with Gasteiger partial charge in [-0.2, -0.15) is 0 Å². The third-order valence-corrected chi connectivity index (χ3v) is 2.18. The van der Waals surface area contributed by atoms with E-state index in [1.807, 2.05) is 0 Å². The molecule has 3 N–H and O–H groups in total. The van der Waals surface area contributed by atoms with E-state index in [0.717, 1.165) is 5.56 Å². The van der Waals surface area contributed by atoms with Crippen LogP contribution in [0, 0.1) is 6.92 Å². The maximum atomic E-state index is 12.3. The zero-order chi connectivity index (χ0) is 12.1. The number of pyridine rings is 1. The monoisotopic (exact) mass is 231 g/mol. The summed E-state index contributed by atoms with van der Waals surface area (Å²) in [5.74, 6) is 0.359. The molecule has 0 saturated heterocycles. The second kappa shape index (κ2) is 5.60. The number of halogens is 2. The fourth-order valence-corrected chi connectivity index (χ4v) is 1.29. The molecule has 1 aromatic heterocycles. The van der Waals surface area contributed by atoms with Gasteiger partial charge in [0, 0.05) is 24.5 Å². The topological polar surface area (TPSA) is 62.4 Å². The number of rotatable bonds is 5. The Morgan fingerprint density at radius 1 is 1.56 bits per heavy atom. The minimum atomic E-state index is -2.48. The maximum absolute atomic E-state index is 12.3. The van der Waals surface area contributed by atoms with Crippen molar-refractivity contribution < 1.29 is 13.9 Å². The summed E-state index contributed by atoms with van der Waals surface area (Å²) < 4.78 is 24.6. The molecule has 16 heavy (non-hydrogen) atoms. The lowest BCUT2D eigenvalue weighted by atomic mass is 10.2. The summed E-state index contributed by atoms with van der Waals surface area (Å²) in [5.41, 5.74) is 6.97. The van der Waals surface area contributed by atoms with Crippen LogP contribution >= 0.6 is 0 Å². The molecule has 0 aromatic carbocycles. The van der Waals surface area contributed by atoms with Crippen LogP contribution in [0.15, 0.2) is 12.3 Å². The van der Waals surface area contributed by atoms with E-state index in [-0.39, 0.29) is 13.2 Å². The second-order valence-electron chi connectivity index (χ2n) is 3.46. The lowest BCUT2D eigenvalue weighted by Gasteiger charge is -2.22. The Morgan fingerprint density at radius 3 is 2.75 bits per heavy atom. The predicted molar refractivity (Wildman–Crippen MR) is 58.7 cm³/mol. The molecule has 0 radical (unpaired) electrons. The molecule has 0 unspecified atom stereocenters. The molecule has 1 rings (SSSR count). The first-order chi connectivity index (χ1) is 7.54. The first-order valence-electron chi connectivity index (χ1n) is 4.90. The zero-order valence-electron chi connectivity index (χ0n) is 9.03. The molecule has 0 atom stereocenters. The number of aromatic nitrogens is 1. The lowest BCUT2D eigenvalue weighted by Crippen LogP contribution is -2.32. The summed E-state index contributed by atoms with van der Waals surface area (Å²) >= 11 is 0. The first kappa shape index (κ1) is 12.6. The normalized spacial score (nSPS) is 10.8. The standard InChI is InChI=1S/C10H15F2N3O/c1-7-5-14-10(4-8(7)13)15(2-3-16)6-9(11)12/h4-5,9,16H,2-3,6H2,1H3,(H2,13,14). The molecule has 1 aromatic rings. The summed E-state index contributed by atoms with van der Waals surface area (Å²) in [7, 11) is 0. The fourth-order valence-electron chi connectivity index (χ4n) is 1.29. The number of hydrogen-bond acceptors (Lipinski definition) is 4. The molecule has 0 aliphatic carbocycles. The van der Waals surface area contributed by atoms with Crippen molar-refractivity contribution in [1.29, 1.82) is 0 Å². The molecular formula is C10H15F2N3O. The van der Waals surface area contributed by atoms with Gasteiger partial charge in [0.1, 0.15) is 5.82 Å². The Labute approximate surface area is 92.7 Å². The van der Waals surface area contributed by atoms with Gasteiger partial charge in [0.25, 0.3) is 6.43 Å². The van der Waals surface area contributed by atoms with E-state index in [2.05, 4.69) is 4.98 Å². The largest absolute Gasteiger partial charge is 0.398 e. The van der Waals surface area contributed by atoms with E-state index in [4.69, 9.17) is 10.8 Å². The van der Waals surface area contributed by atoms with Crippen molar-refractivity contribution in [3.8, 4) is 0 Å².